The Labute approximate surface area is 275 Å². The molecule has 0 bridgehead atoms. The molecule has 0 radical (unpaired) electrons. The Morgan fingerprint density at radius 3 is 2.09 bits per heavy atom. The van der Waals surface area contributed by atoms with E-state index in [1.165, 1.54) is 0 Å². The highest BCUT2D eigenvalue weighted by Gasteiger charge is 2.44. The molecule has 2 aromatic rings. The minimum atomic E-state index is -2.15. The zero-order valence-corrected chi connectivity index (χ0v) is 31.9. The van der Waals surface area contributed by atoms with Crippen molar-refractivity contribution in [1.29, 1.82) is 0 Å². The number of ether oxygens (including phenoxy) is 3. The van der Waals surface area contributed by atoms with Crippen molar-refractivity contribution in [3.05, 3.63) is 62.7 Å². The predicted octanol–water partition coefficient (Wildman–Crippen LogP) is 9.11. The van der Waals surface area contributed by atoms with E-state index in [-0.39, 0.29) is 29.5 Å². The van der Waals surface area contributed by atoms with E-state index >= 15 is 0 Å². The van der Waals surface area contributed by atoms with E-state index in [0.717, 1.165) is 38.4 Å². The lowest BCUT2D eigenvalue weighted by molar-refractivity contribution is -0.115. The van der Waals surface area contributed by atoms with Gasteiger partial charge in [-0.3, -0.25) is 4.79 Å². The molecular formula is C34H51IO6Si2. The third-order valence-corrected chi connectivity index (χ3v) is 19.4. The van der Waals surface area contributed by atoms with Gasteiger partial charge in [-0.2, -0.15) is 0 Å². The lowest BCUT2D eigenvalue weighted by Gasteiger charge is -2.39. The van der Waals surface area contributed by atoms with Crippen molar-refractivity contribution in [3.8, 4) is 17.2 Å². The number of ketones is 1. The van der Waals surface area contributed by atoms with E-state index in [1.807, 2.05) is 36.4 Å². The monoisotopic (exact) mass is 738 g/mol. The smallest absolute Gasteiger partial charge is 0.203 e. The van der Waals surface area contributed by atoms with Crippen LogP contribution in [0.3, 0.4) is 0 Å². The Hall–Kier alpha value is -1.67. The third kappa shape index (κ3) is 8.53. The van der Waals surface area contributed by atoms with Crippen LogP contribution in [0.4, 0.5) is 0 Å². The summed E-state index contributed by atoms with van der Waals surface area (Å²) in [5, 5.41) is 0.0242. The molecule has 0 aliphatic heterocycles. The normalized spacial score (nSPS) is 17.5. The maximum absolute atomic E-state index is 14.2. The van der Waals surface area contributed by atoms with Crippen LogP contribution in [0.15, 0.2) is 48.0 Å². The van der Waals surface area contributed by atoms with Crippen molar-refractivity contribution in [1.82, 2.24) is 0 Å². The van der Waals surface area contributed by atoms with Gasteiger partial charge in [0.05, 0.1) is 26.4 Å². The van der Waals surface area contributed by atoms with Crippen LogP contribution in [0, 0.1) is 3.57 Å². The molecule has 2 aromatic carbocycles. The molecule has 2 atom stereocenters. The molecule has 1 aliphatic carbocycles. The highest BCUT2D eigenvalue weighted by molar-refractivity contribution is 14.1. The molecule has 1 aliphatic rings. The van der Waals surface area contributed by atoms with E-state index in [2.05, 4.69) is 83.3 Å². The summed E-state index contributed by atoms with van der Waals surface area (Å²) in [4.78, 5) is 14.2. The number of methoxy groups -OCH3 is 2. The lowest BCUT2D eigenvalue weighted by atomic mass is 10.00. The van der Waals surface area contributed by atoms with Crippen LogP contribution in [-0.2, 0) is 26.7 Å². The number of hydrogen-bond acceptors (Lipinski definition) is 6. The van der Waals surface area contributed by atoms with E-state index in [1.54, 1.807) is 14.2 Å². The molecule has 0 unspecified atom stereocenters. The second-order valence-electron chi connectivity index (χ2n) is 12.9. The van der Waals surface area contributed by atoms with Gasteiger partial charge in [-0.15, -0.1) is 0 Å². The number of carbonyl (C=O) groups excluding carboxylic acids is 1. The van der Waals surface area contributed by atoms with E-state index in [4.69, 9.17) is 23.1 Å². The van der Waals surface area contributed by atoms with Gasteiger partial charge in [-0.25, -0.2) is 0 Å². The van der Waals surface area contributed by atoms with Crippen molar-refractivity contribution in [2.24, 2.45) is 0 Å². The third-order valence-electron chi connectivity index (χ3n) is 9.29. The first kappa shape index (κ1) is 35.8. The Balaban J connectivity index is 1.95. The molecule has 0 fully saturated rings. The Kier molecular flexibility index (Phi) is 12.6. The SMILES string of the molecule is CC[Si](CC)(CC)O[C@H]1C=C(C(=O)Cc2c(I)cc(OCc3ccccc3)c(OC)c2OC)[C@@H](O[Si](C)(C)C(C)(C)C)C1. The first-order valence-electron chi connectivity index (χ1n) is 15.4. The number of Topliss-reactive ketones (excluding diaryl/α,β-unsaturated/α-hetero) is 1. The summed E-state index contributed by atoms with van der Waals surface area (Å²) in [5.74, 6) is 1.62. The minimum absolute atomic E-state index is 0.0242. The Morgan fingerprint density at radius 1 is 0.953 bits per heavy atom. The van der Waals surface area contributed by atoms with Crippen LogP contribution >= 0.6 is 22.6 Å². The minimum Gasteiger partial charge on any atom is -0.492 e. The van der Waals surface area contributed by atoms with Gasteiger partial charge in [0.25, 0.3) is 0 Å². The van der Waals surface area contributed by atoms with Crippen LogP contribution in [0.1, 0.15) is 59.1 Å². The summed E-state index contributed by atoms with van der Waals surface area (Å²) >= 11 is 2.26. The molecule has 0 spiro atoms. The molecule has 0 heterocycles. The zero-order chi connectivity index (χ0) is 32.0. The van der Waals surface area contributed by atoms with E-state index in [9.17, 15) is 4.79 Å². The second kappa shape index (κ2) is 15.1. The summed E-state index contributed by atoms with van der Waals surface area (Å²) in [6.45, 7) is 18.3. The van der Waals surface area contributed by atoms with Crippen molar-refractivity contribution in [3.63, 3.8) is 0 Å². The summed E-state index contributed by atoms with van der Waals surface area (Å²) in [6.07, 6.45) is 2.53. The van der Waals surface area contributed by atoms with Crippen LogP contribution < -0.4 is 14.2 Å². The molecule has 6 nitrogen and oxygen atoms in total. The molecule has 3 rings (SSSR count). The molecule has 0 N–H and O–H groups in total. The number of halogens is 1. The first-order valence-corrected chi connectivity index (χ1v) is 22.0. The average Bonchev–Trinajstić information content (AvgIpc) is 3.36. The molecule has 238 valence electrons. The topological polar surface area (TPSA) is 63.2 Å². The van der Waals surface area contributed by atoms with Crippen molar-refractivity contribution < 1.29 is 27.9 Å². The quantitative estimate of drug-likeness (QED) is 0.134. The second-order valence-corrected chi connectivity index (χ2v) is 23.5. The molecule has 43 heavy (non-hydrogen) atoms. The molecule has 9 heteroatoms. The van der Waals surface area contributed by atoms with Gasteiger partial charge in [0.1, 0.15) is 6.61 Å². The van der Waals surface area contributed by atoms with Crippen molar-refractivity contribution in [2.75, 3.05) is 14.2 Å². The van der Waals surface area contributed by atoms with Gasteiger partial charge in [0.15, 0.2) is 33.9 Å². The zero-order valence-electron chi connectivity index (χ0n) is 27.8. The largest absolute Gasteiger partial charge is 0.492 e. The fourth-order valence-electron chi connectivity index (χ4n) is 5.34. The predicted molar refractivity (Wildman–Crippen MR) is 189 cm³/mol. The fourth-order valence-corrected chi connectivity index (χ4v) is 10.2. The molecule has 0 amide bonds. The Bertz CT molecular complexity index is 1260. The summed E-state index contributed by atoms with van der Waals surface area (Å²) in [5.41, 5.74) is 2.56. The molecule has 0 saturated carbocycles. The van der Waals surface area contributed by atoms with Gasteiger partial charge < -0.3 is 23.1 Å². The van der Waals surface area contributed by atoms with Gasteiger partial charge in [0, 0.05) is 27.5 Å². The van der Waals surface area contributed by atoms with Crippen molar-refractivity contribution >= 4 is 45.0 Å². The maximum atomic E-state index is 14.2. The standard InChI is InChI=1S/C34H51IO6Si2/c1-11-43(12-2,13-3)40-25-19-27(30(20-25)41-42(9,10)34(4,5)6)29(36)21-26-28(35)22-31(33(38-8)32(26)37-7)39-23-24-17-15-14-16-18-24/h14-19,22,25,30H,11-13,20-21,23H2,1-10H3/t25-,30-/m0/s1. The summed E-state index contributed by atoms with van der Waals surface area (Å²) < 4.78 is 32.5. The molecule has 0 saturated heterocycles. The maximum Gasteiger partial charge on any atom is 0.203 e. The first-order chi connectivity index (χ1) is 20.2. The number of carbonyl (C=O) groups is 1. The van der Waals surface area contributed by atoms with Crippen LogP contribution in [0.25, 0.3) is 0 Å². The van der Waals surface area contributed by atoms with Gasteiger partial charge in [-0.1, -0.05) is 71.9 Å². The highest BCUT2D eigenvalue weighted by atomic mass is 127. The summed E-state index contributed by atoms with van der Waals surface area (Å²) in [7, 11) is -0.818. The van der Waals surface area contributed by atoms with E-state index < -0.39 is 16.6 Å². The average molecular weight is 739 g/mol. The fraction of sp³-hybridized carbons (Fsp3) is 0.559. The van der Waals surface area contributed by atoms with E-state index in [0.29, 0.717) is 30.3 Å². The number of rotatable bonds is 15. The molecule has 0 aromatic heterocycles. The summed E-state index contributed by atoms with van der Waals surface area (Å²) in [6, 6.07) is 15.1. The Morgan fingerprint density at radius 2 is 1.56 bits per heavy atom. The van der Waals surface area contributed by atoms with Gasteiger partial charge in [-0.05, 0) is 76.6 Å². The number of benzene rings is 2. The van der Waals surface area contributed by atoms with Crippen molar-refractivity contribution in [2.45, 2.75) is 109 Å². The lowest BCUT2D eigenvalue weighted by Crippen LogP contribution is -2.45. The molecular weight excluding hydrogens is 687 g/mol. The number of hydrogen-bond donors (Lipinski definition) is 0. The van der Waals surface area contributed by atoms with Crippen LogP contribution in [-0.4, -0.2) is 48.8 Å². The van der Waals surface area contributed by atoms with Crippen LogP contribution in [0.2, 0.25) is 36.3 Å². The van der Waals surface area contributed by atoms with Gasteiger partial charge in [0.2, 0.25) is 5.75 Å². The van der Waals surface area contributed by atoms with Crippen LogP contribution in [0.5, 0.6) is 17.2 Å². The highest BCUT2D eigenvalue weighted by Crippen LogP contribution is 2.45. The van der Waals surface area contributed by atoms with Gasteiger partial charge >= 0.3 is 0 Å².